The van der Waals surface area contributed by atoms with Crippen molar-refractivity contribution in [2.75, 3.05) is 26.4 Å². The lowest BCUT2D eigenvalue weighted by Gasteiger charge is -2.41. The molecule has 6 atom stereocenters. The van der Waals surface area contributed by atoms with E-state index in [2.05, 4.69) is 115 Å². The Morgan fingerprint density at radius 2 is 1.03 bits per heavy atom. The van der Waals surface area contributed by atoms with Gasteiger partial charge in [-0.2, -0.15) is 8.42 Å². The summed E-state index contributed by atoms with van der Waals surface area (Å²) in [7, 11) is -5.07. The molecule has 1 heterocycles. The Balaban J connectivity index is 2.42. The summed E-state index contributed by atoms with van der Waals surface area (Å²) in [5.41, 5.74) is 0. The van der Waals surface area contributed by atoms with Crippen molar-refractivity contribution in [2.45, 2.75) is 192 Å². The Morgan fingerprint density at radius 3 is 1.50 bits per heavy atom. The van der Waals surface area contributed by atoms with Gasteiger partial charge in [0.1, 0.15) is 30.5 Å². The fourth-order valence-corrected chi connectivity index (χ4v) is 7.16. The van der Waals surface area contributed by atoms with Gasteiger partial charge in [-0.3, -0.25) is 9.35 Å². The minimum Gasteiger partial charge on any atom is -0.457 e. The van der Waals surface area contributed by atoms with Crippen LogP contribution in [0.5, 0.6) is 0 Å². The molecule has 1 rings (SSSR count). The second kappa shape index (κ2) is 41.5. The molecule has 64 heavy (non-hydrogen) atoms. The normalized spacial score (nSPS) is 20.6. The number of carbonyl (C=O) groups excluding carboxylic acids is 1. The summed E-state index contributed by atoms with van der Waals surface area (Å²) in [6, 6.07) is 0. The number of unbranched alkanes of at least 4 members (excludes halogenated alkanes) is 11. The molecule has 6 unspecified atom stereocenters. The number of ether oxygens (including phenoxy) is 4. The second-order valence-corrected chi connectivity index (χ2v) is 17.0. The summed E-state index contributed by atoms with van der Waals surface area (Å²) in [5, 5.41) is 30.7. The van der Waals surface area contributed by atoms with Gasteiger partial charge in [0.25, 0.3) is 0 Å². The number of aliphatic hydroxyl groups excluding tert-OH is 3. The van der Waals surface area contributed by atoms with E-state index in [1.807, 2.05) is 0 Å². The summed E-state index contributed by atoms with van der Waals surface area (Å²) >= 11 is 0. The van der Waals surface area contributed by atoms with Gasteiger partial charge in [0.2, 0.25) is 0 Å². The monoisotopic (exact) mass is 921 g/mol. The minimum absolute atomic E-state index is 0.0119. The van der Waals surface area contributed by atoms with Crippen molar-refractivity contribution < 1.29 is 56.2 Å². The lowest BCUT2D eigenvalue weighted by atomic mass is 9.99. The summed E-state index contributed by atoms with van der Waals surface area (Å²) in [6.45, 7) is 3.68. The smallest absolute Gasteiger partial charge is 0.397 e. The van der Waals surface area contributed by atoms with E-state index in [-0.39, 0.29) is 19.6 Å². The van der Waals surface area contributed by atoms with Crippen LogP contribution in [-0.4, -0.2) is 97.5 Å². The van der Waals surface area contributed by atoms with Crippen LogP contribution in [0.2, 0.25) is 0 Å². The summed E-state index contributed by atoms with van der Waals surface area (Å²) in [4.78, 5) is 12.9. The molecule has 0 aromatic heterocycles. The van der Waals surface area contributed by atoms with Crippen LogP contribution in [0.15, 0.2) is 97.2 Å². The molecule has 4 N–H and O–H groups in total. The molecule has 366 valence electrons. The van der Waals surface area contributed by atoms with Crippen molar-refractivity contribution in [3.05, 3.63) is 97.2 Å². The highest BCUT2D eigenvalue weighted by atomic mass is 32.3. The summed E-state index contributed by atoms with van der Waals surface area (Å²) in [5.74, 6) is -0.427. The highest BCUT2D eigenvalue weighted by Gasteiger charge is 2.48. The van der Waals surface area contributed by atoms with E-state index in [1.54, 1.807) is 0 Å². The van der Waals surface area contributed by atoms with Gasteiger partial charge in [-0.25, -0.2) is 4.18 Å². The predicted molar refractivity (Wildman–Crippen MR) is 257 cm³/mol. The van der Waals surface area contributed by atoms with Crippen LogP contribution >= 0.6 is 0 Å². The molecule has 1 fully saturated rings. The van der Waals surface area contributed by atoms with E-state index in [9.17, 15) is 33.1 Å². The SMILES string of the molecule is CC/C=C\C/C=C\C/C=C\C/C=C\C/C=C\CCCCCCCCOCC(COC1OC(CO)C(O)C(OS(=O)(=O)O)C1O)OC(=O)CCCCCCC/C=C\C/C=C\C/C=C\CC. The van der Waals surface area contributed by atoms with Crippen molar-refractivity contribution >= 4 is 16.4 Å². The van der Waals surface area contributed by atoms with Gasteiger partial charge in [-0.15, -0.1) is 0 Å². The van der Waals surface area contributed by atoms with Crippen molar-refractivity contribution in [1.82, 2.24) is 0 Å². The number of allylic oxidation sites excluding steroid dienone is 16. The number of carbonyl (C=O) groups is 1. The fraction of sp³-hybridized carbons (Fsp3) is 0.667. The Bertz CT molecular complexity index is 1480. The highest BCUT2D eigenvalue weighted by molar-refractivity contribution is 7.80. The third kappa shape index (κ3) is 34.4. The average molecular weight is 921 g/mol. The molecule has 12 nitrogen and oxygen atoms in total. The van der Waals surface area contributed by atoms with Gasteiger partial charge in [-0.05, 0) is 89.9 Å². The molecular formula is C51H84O12S. The minimum atomic E-state index is -5.07. The number of rotatable bonds is 40. The first-order valence-corrected chi connectivity index (χ1v) is 25.4. The van der Waals surface area contributed by atoms with Crippen LogP contribution < -0.4 is 0 Å². The van der Waals surface area contributed by atoms with Crippen LogP contribution in [0.4, 0.5) is 0 Å². The van der Waals surface area contributed by atoms with Crippen molar-refractivity contribution in [3.8, 4) is 0 Å². The van der Waals surface area contributed by atoms with Crippen LogP contribution in [0.25, 0.3) is 0 Å². The molecule has 0 aromatic carbocycles. The van der Waals surface area contributed by atoms with Crippen LogP contribution in [0.3, 0.4) is 0 Å². The molecule has 0 aliphatic carbocycles. The molecule has 0 spiro atoms. The lowest BCUT2D eigenvalue weighted by Crippen LogP contribution is -2.60. The maximum absolute atomic E-state index is 12.9. The fourth-order valence-electron chi connectivity index (χ4n) is 6.65. The Morgan fingerprint density at radius 1 is 0.594 bits per heavy atom. The summed E-state index contributed by atoms with van der Waals surface area (Å²) in [6.07, 6.45) is 47.2. The van der Waals surface area contributed by atoms with Gasteiger partial charge < -0.3 is 34.3 Å². The molecule has 0 saturated carbocycles. The van der Waals surface area contributed by atoms with E-state index in [1.165, 1.54) is 0 Å². The molecule has 1 aliphatic heterocycles. The van der Waals surface area contributed by atoms with Gasteiger partial charge in [0.15, 0.2) is 6.29 Å². The van der Waals surface area contributed by atoms with E-state index in [0.29, 0.717) is 13.0 Å². The molecular weight excluding hydrogens is 837 g/mol. The third-order valence-corrected chi connectivity index (χ3v) is 10.7. The third-order valence-electron chi connectivity index (χ3n) is 10.2. The molecule has 1 aliphatic rings. The van der Waals surface area contributed by atoms with Gasteiger partial charge in [-0.1, -0.05) is 156 Å². The highest BCUT2D eigenvalue weighted by Crippen LogP contribution is 2.26. The molecule has 0 amide bonds. The zero-order valence-corrected chi connectivity index (χ0v) is 39.9. The molecule has 0 radical (unpaired) electrons. The van der Waals surface area contributed by atoms with Crippen molar-refractivity contribution in [3.63, 3.8) is 0 Å². The quantitative estimate of drug-likeness (QED) is 0.0198. The Labute approximate surface area is 386 Å². The van der Waals surface area contributed by atoms with E-state index in [0.717, 1.165) is 128 Å². The lowest BCUT2D eigenvalue weighted by molar-refractivity contribution is -0.301. The van der Waals surface area contributed by atoms with Crippen molar-refractivity contribution in [1.29, 1.82) is 0 Å². The van der Waals surface area contributed by atoms with Gasteiger partial charge in [0, 0.05) is 13.0 Å². The standard InChI is InChI=1S/C51H84O12S/c1-3-5-7-9-11-13-15-17-19-20-21-22-23-24-25-27-29-31-33-35-37-39-41-59-43-45(44-60-51-49(55)50(63-64(56,57)58)48(54)46(42-52)62-51)61-47(53)40-38-36-34-32-30-28-26-18-16-14-12-10-8-6-4-2/h5-8,11-14,17-19,21-22,24-26,45-46,48-52,54-55H,3-4,9-10,15-16,20,23,27-44H2,1-2H3,(H,56,57,58)/b7-5-,8-6-,13-11-,14-12-,19-17-,22-21-,25-24-,26-18-. The van der Waals surface area contributed by atoms with E-state index in [4.69, 9.17) is 18.9 Å². The van der Waals surface area contributed by atoms with E-state index < -0.39 is 59.8 Å². The van der Waals surface area contributed by atoms with Crippen LogP contribution in [0.1, 0.15) is 155 Å². The zero-order chi connectivity index (χ0) is 46.8. The maximum atomic E-state index is 12.9. The topological polar surface area (TPSA) is 178 Å². The first-order valence-electron chi connectivity index (χ1n) is 24.0. The predicted octanol–water partition coefficient (Wildman–Crippen LogP) is 10.6. The van der Waals surface area contributed by atoms with E-state index >= 15 is 0 Å². The second-order valence-electron chi connectivity index (χ2n) is 15.9. The largest absolute Gasteiger partial charge is 0.457 e. The van der Waals surface area contributed by atoms with Crippen molar-refractivity contribution in [2.24, 2.45) is 0 Å². The number of hydrogen-bond acceptors (Lipinski definition) is 11. The Hall–Kier alpha value is -2.98. The van der Waals surface area contributed by atoms with Gasteiger partial charge >= 0.3 is 16.4 Å². The number of esters is 1. The number of hydrogen-bond donors (Lipinski definition) is 4. The molecule has 0 aromatic rings. The molecule has 13 heteroatoms. The first-order chi connectivity index (χ1) is 31.1. The van der Waals surface area contributed by atoms with Gasteiger partial charge in [0.05, 0.1) is 19.8 Å². The first kappa shape index (κ1) is 59.0. The van der Waals surface area contributed by atoms with Crippen LogP contribution in [0, 0.1) is 0 Å². The van der Waals surface area contributed by atoms with Crippen LogP contribution in [-0.2, 0) is 38.3 Å². The Kier molecular flexibility index (Phi) is 38.2. The maximum Gasteiger partial charge on any atom is 0.397 e. The molecule has 1 saturated heterocycles. The number of aliphatic hydroxyl groups is 3. The average Bonchev–Trinajstić information content (AvgIpc) is 3.27. The summed E-state index contributed by atoms with van der Waals surface area (Å²) < 4.78 is 59.1. The molecule has 0 bridgehead atoms. The zero-order valence-electron chi connectivity index (χ0n) is 39.0.